The van der Waals surface area contributed by atoms with E-state index in [0.29, 0.717) is 25.9 Å². The summed E-state index contributed by atoms with van der Waals surface area (Å²) in [6, 6.07) is 3.83. The standard InChI is InChI=1S/C16H24N2O4S2/c1-24(21,22)18-8-6-12(7-9-18)15(19)17-11-16(20,13-4-5-13)14-3-2-10-23-14/h2-3,10,12-13,20H,4-9,11H2,1H3,(H,17,19)/t16-/m1/s1. The second kappa shape index (κ2) is 6.74. The average Bonchev–Trinajstić information content (AvgIpc) is 3.26. The molecule has 2 fully saturated rings. The second-order valence-corrected chi connectivity index (χ2v) is 9.76. The van der Waals surface area contributed by atoms with Gasteiger partial charge in [0.25, 0.3) is 0 Å². The Hall–Kier alpha value is -0.960. The van der Waals surface area contributed by atoms with Crippen molar-refractivity contribution in [2.24, 2.45) is 11.8 Å². The van der Waals surface area contributed by atoms with E-state index in [9.17, 15) is 18.3 Å². The minimum absolute atomic E-state index is 0.0845. The van der Waals surface area contributed by atoms with Crippen LogP contribution in [0.5, 0.6) is 0 Å². The molecule has 24 heavy (non-hydrogen) atoms. The van der Waals surface area contributed by atoms with Crippen molar-refractivity contribution in [1.82, 2.24) is 9.62 Å². The first-order valence-corrected chi connectivity index (χ1v) is 11.0. The van der Waals surface area contributed by atoms with Gasteiger partial charge in [-0.1, -0.05) is 6.07 Å². The van der Waals surface area contributed by atoms with E-state index in [-0.39, 0.29) is 24.3 Å². The highest BCUT2D eigenvalue weighted by molar-refractivity contribution is 7.88. The first-order valence-electron chi connectivity index (χ1n) is 8.30. The van der Waals surface area contributed by atoms with Crippen molar-refractivity contribution in [2.75, 3.05) is 25.9 Å². The fourth-order valence-corrected chi connectivity index (χ4v) is 5.11. The fraction of sp³-hybridized carbons (Fsp3) is 0.688. The maximum Gasteiger partial charge on any atom is 0.223 e. The Kier molecular flexibility index (Phi) is 5.01. The Balaban J connectivity index is 1.56. The average molecular weight is 373 g/mol. The van der Waals surface area contributed by atoms with Gasteiger partial charge >= 0.3 is 0 Å². The molecule has 3 rings (SSSR count). The molecule has 1 aliphatic heterocycles. The van der Waals surface area contributed by atoms with Crippen LogP contribution >= 0.6 is 11.3 Å². The smallest absolute Gasteiger partial charge is 0.223 e. The topological polar surface area (TPSA) is 86.7 Å². The number of sulfonamides is 1. The second-order valence-electron chi connectivity index (χ2n) is 6.83. The lowest BCUT2D eigenvalue weighted by Crippen LogP contribution is -2.46. The maximum absolute atomic E-state index is 12.4. The third-order valence-corrected chi connectivity index (χ3v) is 7.37. The van der Waals surface area contributed by atoms with Crippen molar-refractivity contribution in [3.63, 3.8) is 0 Å². The van der Waals surface area contributed by atoms with Gasteiger partial charge in [-0.15, -0.1) is 11.3 Å². The first-order chi connectivity index (χ1) is 11.3. The largest absolute Gasteiger partial charge is 0.382 e. The number of amides is 1. The number of hydrogen-bond acceptors (Lipinski definition) is 5. The third-order valence-electron chi connectivity index (χ3n) is 5.03. The van der Waals surface area contributed by atoms with E-state index in [4.69, 9.17) is 0 Å². The first kappa shape index (κ1) is 17.8. The molecule has 0 spiro atoms. The molecule has 1 aromatic rings. The van der Waals surface area contributed by atoms with Gasteiger partial charge in [0.15, 0.2) is 0 Å². The van der Waals surface area contributed by atoms with Gasteiger partial charge in [-0.05, 0) is 43.0 Å². The number of carbonyl (C=O) groups excluding carboxylic acids is 1. The minimum Gasteiger partial charge on any atom is -0.382 e. The third kappa shape index (κ3) is 3.82. The summed E-state index contributed by atoms with van der Waals surface area (Å²) in [5.41, 5.74) is -0.975. The van der Waals surface area contributed by atoms with E-state index in [0.717, 1.165) is 17.7 Å². The van der Waals surface area contributed by atoms with E-state index in [1.54, 1.807) is 0 Å². The molecule has 1 saturated heterocycles. The summed E-state index contributed by atoms with van der Waals surface area (Å²) in [5.74, 6) is -0.0582. The number of aliphatic hydroxyl groups is 1. The number of thiophene rings is 1. The molecule has 0 radical (unpaired) electrons. The van der Waals surface area contributed by atoms with Gasteiger partial charge in [0.1, 0.15) is 5.60 Å². The number of nitrogens with one attached hydrogen (secondary N) is 1. The van der Waals surface area contributed by atoms with Crippen LogP contribution in [0.3, 0.4) is 0 Å². The molecule has 0 bridgehead atoms. The Morgan fingerprint density at radius 2 is 2.04 bits per heavy atom. The summed E-state index contributed by atoms with van der Waals surface area (Å²) >= 11 is 1.51. The van der Waals surface area contributed by atoms with Crippen molar-refractivity contribution in [3.05, 3.63) is 22.4 Å². The van der Waals surface area contributed by atoms with Crippen LogP contribution in [0.15, 0.2) is 17.5 Å². The van der Waals surface area contributed by atoms with E-state index < -0.39 is 15.6 Å². The van der Waals surface area contributed by atoms with Crippen LogP contribution in [-0.4, -0.2) is 49.6 Å². The summed E-state index contributed by atoms with van der Waals surface area (Å²) in [4.78, 5) is 13.3. The SMILES string of the molecule is CS(=O)(=O)N1CCC(C(=O)NC[C@](O)(c2cccs2)C2CC2)CC1. The summed E-state index contributed by atoms with van der Waals surface area (Å²) in [7, 11) is -3.18. The summed E-state index contributed by atoms with van der Waals surface area (Å²) in [5, 5.41) is 15.9. The van der Waals surface area contributed by atoms with E-state index in [2.05, 4.69) is 5.32 Å². The highest BCUT2D eigenvalue weighted by atomic mass is 32.2. The number of carbonyl (C=O) groups is 1. The van der Waals surface area contributed by atoms with Gasteiger partial charge in [0.2, 0.25) is 15.9 Å². The van der Waals surface area contributed by atoms with Crippen LogP contribution in [-0.2, 0) is 20.4 Å². The number of nitrogens with zero attached hydrogens (tertiary/aromatic N) is 1. The zero-order valence-corrected chi connectivity index (χ0v) is 15.4. The molecule has 2 heterocycles. The van der Waals surface area contributed by atoms with Crippen LogP contribution in [0.25, 0.3) is 0 Å². The summed E-state index contributed by atoms with van der Waals surface area (Å²) in [6.07, 6.45) is 4.22. The number of piperidine rings is 1. The molecule has 0 unspecified atom stereocenters. The van der Waals surface area contributed by atoms with Gasteiger partial charge in [0.05, 0.1) is 12.8 Å². The van der Waals surface area contributed by atoms with Crippen LogP contribution in [0.2, 0.25) is 0 Å². The summed E-state index contributed by atoms with van der Waals surface area (Å²) < 4.78 is 24.5. The Morgan fingerprint density at radius 3 is 2.54 bits per heavy atom. The van der Waals surface area contributed by atoms with E-state index in [1.165, 1.54) is 21.9 Å². The number of hydrogen-bond donors (Lipinski definition) is 2. The van der Waals surface area contributed by atoms with Crippen molar-refractivity contribution in [2.45, 2.75) is 31.3 Å². The van der Waals surface area contributed by atoms with Crippen molar-refractivity contribution < 1.29 is 18.3 Å². The normalized spacial score (nSPS) is 22.9. The van der Waals surface area contributed by atoms with Gasteiger partial charge < -0.3 is 10.4 Å². The molecule has 1 atom stereocenters. The van der Waals surface area contributed by atoms with E-state index in [1.807, 2.05) is 17.5 Å². The van der Waals surface area contributed by atoms with E-state index >= 15 is 0 Å². The highest BCUT2D eigenvalue weighted by Gasteiger charge is 2.46. The molecule has 0 aromatic carbocycles. The van der Waals surface area contributed by atoms with Gasteiger partial charge in [-0.2, -0.15) is 0 Å². The zero-order chi connectivity index (χ0) is 17.4. The van der Waals surface area contributed by atoms with Crippen LogP contribution in [0.4, 0.5) is 0 Å². The Bertz CT molecular complexity index is 677. The Morgan fingerprint density at radius 1 is 1.38 bits per heavy atom. The molecular weight excluding hydrogens is 348 g/mol. The summed E-state index contributed by atoms with van der Waals surface area (Å²) in [6.45, 7) is 0.993. The van der Waals surface area contributed by atoms with Gasteiger partial charge in [-0.3, -0.25) is 4.79 Å². The minimum atomic E-state index is -3.18. The molecule has 1 aliphatic carbocycles. The predicted octanol–water partition coefficient (Wildman–Crippen LogP) is 1.13. The fourth-order valence-electron chi connectivity index (χ4n) is 3.33. The molecule has 6 nitrogen and oxygen atoms in total. The lowest BCUT2D eigenvalue weighted by Gasteiger charge is -2.31. The zero-order valence-electron chi connectivity index (χ0n) is 13.8. The van der Waals surface area contributed by atoms with Crippen molar-refractivity contribution in [1.29, 1.82) is 0 Å². The molecule has 134 valence electrons. The van der Waals surface area contributed by atoms with Crippen LogP contribution in [0, 0.1) is 11.8 Å². The molecular formula is C16H24N2O4S2. The lowest BCUT2D eigenvalue weighted by atomic mass is 9.93. The quantitative estimate of drug-likeness (QED) is 0.784. The highest BCUT2D eigenvalue weighted by Crippen LogP contribution is 2.46. The molecule has 2 aliphatic rings. The predicted molar refractivity (Wildman–Crippen MR) is 93.1 cm³/mol. The molecule has 8 heteroatoms. The van der Waals surface area contributed by atoms with Crippen LogP contribution < -0.4 is 5.32 Å². The molecule has 1 aromatic heterocycles. The van der Waals surface area contributed by atoms with Crippen molar-refractivity contribution in [3.8, 4) is 0 Å². The lowest BCUT2D eigenvalue weighted by molar-refractivity contribution is -0.127. The molecule has 1 amide bonds. The van der Waals surface area contributed by atoms with Crippen LogP contribution in [0.1, 0.15) is 30.6 Å². The Labute approximate surface area is 146 Å². The van der Waals surface area contributed by atoms with Crippen molar-refractivity contribution >= 4 is 27.3 Å². The monoisotopic (exact) mass is 372 g/mol. The van der Waals surface area contributed by atoms with Gasteiger partial charge in [-0.25, -0.2) is 12.7 Å². The molecule has 2 N–H and O–H groups in total. The molecule has 1 saturated carbocycles. The maximum atomic E-state index is 12.4. The number of rotatable bonds is 6. The van der Waals surface area contributed by atoms with Gasteiger partial charge in [0, 0.05) is 23.9 Å².